The molecule has 0 radical (unpaired) electrons. The highest BCUT2D eigenvalue weighted by molar-refractivity contribution is 6.15. The quantitative estimate of drug-likeness (QED) is 0.626. The molecule has 1 heterocycles. The summed E-state index contributed by atoms with van der Waals surface area (Å²) in [4.78, 5) is 14.7. The van der Waals surface area contributed by atoms with Gasteiger partial charge in [-0.3, -0.25) is 4.79 Å². The van der Waals surface area contributed by atoms with E-state index in [2.05, 4.69) is 21.8 Å². The molecule has 0 bridgehead atoms. The summed E-state index contributed by atoms with van der Waals surface area (Å²) in [5.74, 6) is 0.256. The van der Waals surface area contributed by atoms with Crippen LogP contribution in [0.15, 0.2) is 24.3 Å². The number of halogens is 1. The number of hydrogen-bond donors (Lipinski definition) is 1. The summed E-state index contributed by atoms with van der Waals surface area (Å²) in [5.41, 5.74) is 1.80. The van der Waals surface area contributed by atoms with E-state index in [9.17, 15) is 4.79 Å². The molecule has 1 aromatic rings. The van der Waals surface area contributed by atoms with Crippen molar-refractivity contribution in [3.63, 3.8) is 0 Å². The van der Waals surface area contributed by atoms with E-state index in [1.54, 1.807) is 0 Å². The summed E-state index contributed by atoms with van der Waals surface area (Å²) in [6.45, 7) is 8.30. The number of nitrogens with zero attached hydrogens (tertiary/aromatic N) is 1. The minimum Gasteiger partial charge on any atom is -0.383 e. The van der Waals surface area contributed by atoms with Crippen LogP contribution in [0.5, 0.6) is 0 Å². The number of benzene rings is 1. The van der Waals surface area contributed by atoms with E-state index in [1.807, 2.05) is 38.1 Å². The molecule has 3 nitrogen and oxygen atoms in total. The first kappa shape index (κ1) is 19.0. The van der Waals surface area contributed by atoms with Crippen molar-refractivity contribution >= 4 is 23.1 Å². The number of anilines is 1. The maximum Gasteiger partial charge on any atom is 0.167 e. The number of piperidine rings is 1. The van der Waals surface area contributed by atoms with Crippen LogP contribution in [0.25, 0.3) is 0 Å². The lowest BCUT2D eigenvalue weighted by molar-refractivity contribution is 0.0940. The van der Waals surface area contributed by atoms with Gasteiger partial charge in [-0.15, -0.1) is 11.6 Å². The Kier molecular flexibility index (Phi) is 9.17. The Morgan fingerprint density at radius 2 is 1.82 bits per heavy atom. The third-order valence-electron chi connectivity index (χ3n) is 3.91. The third kappa shape index (κ3) is 5.98. The van der Waals surface area contributed by atoms with Crippen molar-refractivity contribution in [1.29, 1.82) is 0 Å². The Morgan fingerprint density at radius 3 is 2.45 bits per heavy atom. The largest absolute Gasteiger partial charge is 0.383 e. The second-order valence-electron chi connectivity index (χ2n) is 5.89. The van der Waals surface area contributed by atoms with Gasteiger partial charge in [0.15, 0.2) is 5.78 Å². The number of ketones is 1. The van der Waals surface area contributed by atoms with Crippen LogP contribution in [0.4, 0.5) is 5.69 Å². The maximum absolute atomic E-state index is 12.2. The van der Waals surface area contributed by atoms with Crippen LogP contribution < -0.4 is 5.32 Å². The molecule has 0 unspecified atom stereocenters. The predicted molar refractivity (Wildman–Crippen MR) is 96.2 cm³/mol. The molecule has 0 saturated carbocycles. The summed E-state index contributed by atoms with van der Waals surface area (Å²) >= 11 is 4.64. The van der Waals surface area contributed by atoms with Crippen molar-refractivity contribution in [2.45, 2.75) is 33.1 Å². The molecule has 0 aliphatic carbocycles. The summed E-state index contributed by atoms with van der Waals surface area (Å²) in [6.07, 6.45) is 5.49. The molecule has 0 amide bonds. The van der Waals surface area contributed by atoms with Crippen LogP contribution in [0.2, 0.25) is 0 Å². The van der Waals surface area contributed by atoms with Gasteiger partial charge in [-0.25, -0.2) is 0 Å². The van der Waals surface area contributed by atoms with E-state index in [0.29, 0.717) is 0 Å². The highest BCUT2D eigenvalue weighted by atomic mass is 35.5. The molecule has 0 atom stereocenters. The van der Waals surface area contributed by atoms with Crippen LogP contribution in [0, 0.1) is 5.92 Å². The molecule has 1 fully saturated rings. The summed E-state index contributed by atoms with van der Waals surface area (Å²) in [6, 6.07) is 7.85. The number of alkyl halides is 1. The van der Waals surface area contributed by atoms with Crippen LogP contribution in [-0.4, -0.2) is 43.2 Å². The summed E-state index contributed by atoms with van der Waals surface area (Å²) in [7, 11) is 0. The molecule has 124 valence electrons. The lowest BCUT2D eigenvalue weighted by Gasteiger charge is -2.26. The van der Waals surface area contributed by atoms with E-state index >= 15 is 0 Å². The highest BCUT2D eigenvalue weighted by Crippen LogP contribution is 2.19. The lowest BCUT2D eigenvalue weighted by atomic mass is 9.99. The van der Waals surface area contributed by atoms with Crippen LogP contribution in [0.1, 0.15) is 43.5 Å². The third-order valence-corrected chi connectivity index (χ3v) is 3.91. The van der Waals surface area contributed by atoms with E-state index < -0.39 is 0 Å². The smallest absolute Gasteiger partial charge is 0.167 e. The zero-order chi connectivity index (χ0) is 16.4. The fraction of sp³-hybridized carbons (Fsp3) is 0.611. The topological polar surface area (TPSA) is 32.3 Å². The van der Waals surface area contributed by atoms with Crippen molar-refractivity contribution < 1.29 is 4.79 Å². The van der Waals surface area contributed by atoms with Gasteiger partial charge < -0.3 is 10.2 Å². The number of Topliss-reactive ketones (excluding diaryl/α,β-unsaturated/α-hetero) is 1. The zero-order valence-corrected chi connectivity index (χ0v) is 14.8. The fourth-order valence-electron chi connectivity index (χ4n) is 2.69. The molecule has 2 rings (SSSR count). The number of hydrogen-bond acceptors (Lipinski definition) is 3. The molecule has 1 N–H and O–H groups in total. The Bertz CT molecular complexity index is 442. The van der Waals surface area contributed by atoms with Crippen LogP contribution >= 0.6 is 11.6 Å². The van der Waals surface area contributed by atoms with Crippen LogP contribution in [-0.2, 0) is 0 Å². The number of carbonyl (C=O) groups is 1. The predicted octanol–water partition coefficient (Wildman–Crippen LogP) is 4.28. The van der Waals surface area contributed by atoms with Gasteiger partial charge in [0, 0.05) is 36.6 Å². The summed E-state index contributed by atoms with van der Waals surface area (Å²) in [5, 5.41) is 3.43. The Hall–Kier alpha value is -1.06. The second-order valence-corrected chi connectivity index (χ2v) is 5.89. The zero-order valence-electron chi connectivity index (χ0n) is 14.1. The molecule has 1 aliphatic heterocycles. The molecule has 0 spiro atoms. The fourth-order valence-corrected chi connectivity index (χ4v) is 2.69. The van der Waals surface area contributed by atoms with Crippen molar-refractivity contribution in [2.75, 3.05) is 37.9 Å². The van der Waals surface area contributed by atoms with E-state index in [4.69, 9.17) is 0 Å². The normalized spacial score (nSPS) is 15.1. The second kappa shape index (κ2) is 10.6. The van der Waals surface area contributed by atoms with E-state index in [-0.39, 0.29) is 11.7 Å². The van der Waals surface area contributed by atoms with Gasteiger partial charge in [0.05, 0.1) is 0 Å². The van der Waals surface area contributed by atoms with Gasteiger partial charge in [-0.2, -0.15) is 0 Å². The first-order valence-electron chi connectivity index (χ1n) is 8.16. The van der Waals surface area contributed by atoms with Gasteiger partial charge in [0.25, 0.3) is 0 Å². The lowest BCUT2D eigenvalue weighted by Crippen LogP contribution is -2.33. The monoisotopic (exact) mass is 324 g/mol. The van der Waals surface area contributed by atoms with Crippen molar-refractivity contribution in [3.8, 4) is 0 Å². The SMILES string of the molecule is CC(C)C(=O)c1ccccc1NCCN1CCCCC1.CCl. The van der Waals surface area contributed by atoms with Crippen molar-refractivity contribution in [1.82, 2.24) is 4.90 Å². The first-order chi connectivity index (χ1) is 10.7. The maximum atomic E-state index is 12.2. The average molecular weight is 325 g/mol. The average Bonchev–Trinajstić information content (AvgIpc) is 2.57. The minimum absolute atomic E-state index is 0.0417. The Labute approximate surface area is 140 Å². The van der Waals surface area contributed by atoms with Crippen molar-refractivity contribution in [3.05, 3.63) is 29.8 Å². The van der Waals surface area contributed by atoms with Gasteiger partial charge in [-0.1, -0.05) is 32.4 Å². The van der Waals surface area contributed by atoms with E-state index in [1.165, 1.54) is 38.7 Å². The molecule has 4 heteroatoms. The van der Waals surface area contributed by atoms with Gasteiger partial charge in [0.2, 0.25) is 0 Å². The molecule has 1 aliphatic rings. The van der Waals surface area contributed by atoms with Gasteiger partial charge >= 0.3 is 0 Å². The molecular formula is C18H29ClN2O. The van der Waals surface area contributed by atoms with Gasteiger partial charge in [-0.05, 0) is 38.1 Å². The highest BCUT2D eigenvalue weighted by Gasteiger charge is 2.14. The van der Waals surface area contributed by atoms with Crippen molar-refractivity contribution in [2.24, 2.45) is 5.92 Å². The number of para-hydroxylation sites is 1. The molecule has 22 heavy (non-hydrogen) atoms. The number of likely N-dealkylation sites (tertiary alicyclic amines) is 1. The van der Waals surface area contributed by atoms with E-state index in [0.717, 1.165) is 24.3 Å². The molecule has 1 aromatic carbocycles. The Morgan fingerprint density at radius 1 is 1.18 bits per heavy atom. The van der Waals surface area contributed by atoms with Crippen LogP contribution in [0.3, 0.4) is 0 Å². The Balaban J connectivity index is 0.00000116. The number of carbonyl (C=O) groups excluding carboxylic acids is 1. The molecular weight excluding hydrogens is 296 g/mol. The minimum atomic E-state index is 0.0417. The molecule has 0 aromatic heterocycles. The molecule has 1 saturated heterocycles. The first-order valence-corrected chi connectivity index (χ1v) is 8.91. The standard InChI is InChI=1S/C17H26N2O.CH3Cl/c1-14(2)17(20)15-8-4-5-9-16(15)18-10-13-19-11-6-3-7-12-19;1-2/h4-5,8-9,14,18H,3,6-7,10-13H2,1-2H3;1H3. The summed E-state index contributed by atoms with van der Waals surface area (Å²) < 4.78 is 0. The van der Waals surface area contributed by atoms with Gasteiger partial charge in [0.1, 0.15) is 0 Å². The number of rotatable bonds is 6. The number of nitrogens with one attached hydrogen (secondary N) is 1.